The van der Waals surface area contributed by atoms with E-state index in [0.717, 1.165) is 25.0 Å². The van der Waals surface area contributed by atoms with Gasteiger partial charge >= 0.3 is 5.69 Å². The predicted molar refractivity (Wildman–Crippen MR) is 94.1 cm³/mol. The number of aryl methyl sites for hydroxylation is 2. The molecule has 0 saturated heterocycles. The first-order valence-corrected chi connectivity index (χ1v) is 7.87. The first kappa shape index (κ1) is 20.3. The van der Waals surface area contributed by atoms with E-state index >= 15 is 0 Å². The number of fused-ring (bicyclic) bond motifs is 1. The van der Waals surface area contributed by atoms with Crippen LogP contribution in [-0.4, -0.2) is 22.4 Å². The fraction of sp³-hybridized carbons (Fsp3) is 0.412. The fourth-order valence-electron chi connectivity index (χ4n) is 2.24. The summed E-state index contributed by atoms with van der Waals surface area (Å²) in [5, 5.41) is 13.6. The molecule has 0 bridgehead atoms. The highest BCUT2D eigenvalue weighted by molar-refractivity contribution is 5.82. The van der Waals surface area contributed by atoms with Gasteiger partial charge in [-0.1, -0.05) is 13.3 Å². The Morgan fingerprint density at radius 1 is 1.36 bits per heavy atom. The Hall–Kier alpha value is -2.77. The van der Waals surface area contributed by atoms with Gasteiger partial charge in [0.15, 0.2) is 0 Å². The van der Waals surface area contributed by atoms with Crippen LogP contribution < -0.4 is 10.9 Å². The highest BCUT2D eigenvalue weighted by Crippen LogP contribution is 2.23. The molecule has 1 aromatic carbocycles. The molecule has 0 aliphatic rings. The van der Waals surface area contributed by atoms with Crippen molar-refractivity contribution < 1.29 is 14.1 Å². The maximum atomic E-state index is 13.4. The summed E-state index contributed by atoms with van der Waals surface area (Å²) in [6, 6.07) is 3.66. The van der Waals surface area contributed by atoms with E-state index in [1.165, 1.54) is 17.7 Å². The molecular weight excluding hydrogens is 329 g/mol. The summed E-state index contributed by atoms with van der Waals surface area (Å²) in [5.74, 6) is -0.798. The second-order valence-corrected chi connectivity index (χ2v) is 5.59. The molecular formula is C17H22FN3O4. The van der Waals surface area contributed by atoms with E-state index in [-0.39, 0.29) is 11.5 Å². The van der Waals surface area contributed by atoms with Crippen LogP contribution in [0, 0.1) is 22.9 Å². The zero-order valence-electron chi connectivity index (χ0n) is 14.8. The van der Waals surface area contributed by atoms with Crippen molar-refractivity contribution in [2.45, 2.75) is 33.1 Å². The lowest BCUT2D eigenvalue weighted by molar-refractivity contribution is -0.387. The molecule has 25 heavy (non-hydrogen) atoms. The zero-order valence-corrected chi connectivity index (χ0v) is 14.8. The predicted octanol–water partition coefficient (Wildman–Crippen LogP) is 2.82. The van der Waals surface area contributed by atoms with E-state index < -0.39 is 16.4 Å². The number of aromatic nitrogens is 1. The molecule has 1 amide bonds. The van der Waals surface area contributed by atoms with E-state index in [0.29, 0.717) is 22.9 Å². The van der Waals surface area contributed by atoms with Gasteiger partial charge in [-0.3, -0.25) is 19.7 Å². The molecule has 0 saturated carbocycles. The average molecular weight is 351 g/mol. The Morgan fingerprint density at radius 2 is 2.00 bits per heavy atom. The van der Waals surface area contributed by atoms with Crippen LogP contribution in [-0.2, 0) is 11.8 Å². The van der Waals surface area contributed by atoms with E-state index in [1.54, 1.807) is 14.0 Å². The molecule has 1 aromatic heterocycles. The minimum atomic E-state index is -0.943. The molecule has 7 nitrogen and oxygen atoms in total. The van der Waals surface area contributed by atoms with Crippen LogP contribution in [0.5, 0.6) is 0 Å². The Labute approximate surface area is 144 Å². The number of hydrogen-bond donors (Lipinski definition) is 1. The van der Waals surface area contributed by atoms with Gasteiger partial charge in [-0.25, -0.2) is 0 Å². The van der Waals surface area contributed by atoms with Crippen molar-refractivity contribution in [1.82, 2.24) is 9.88 Å². The molecule has 0 spiro atoms. The lowest BCUT2D eigenvalue weighted by Crippen LogP contribution is -2.19. The van der Waals surface area contributed by atoms with Gasteiger partial charge in [0.1, 0.15) is 0 Å². The first-order valence-electron chi connectivity index (χ1n) is 7.87. The number of halogens is 1. The number of nitrogens with zero attached hydrogens (tertiary/aromatic N) is 2. The first-order chi connectivity index (χ1) is 11.7. The number of amides is 1. The number of nitro groups is 1. The number of benzene rings is 1. The van der Waals surface area contributed by atoms with E-state index in [2.05, 4.69) is 12.2 Å². The van der Waals surface area contributed by atoms with Gasteiger partial charge in [-0.2, -0.15) is 4.39 Å². The van der Waals surface area contributed by atoms with Gasteiger partial charge in [-0.05, 0) is 19.4 Å². The number of pyridine rings is 1. The molecule has 0 radical (unpaired) electrons. The summed E-state index contributed by atoms with van der Waals surface area (Å²) >= 11 is 0. The number of unbranched alkanes of at least 4 members (excludes halogenated alkanes) is 1. The van der Waals surface area contributed by atoms with Crippen LogP contribution in [0.25, 0.3) is 10.9 Å². The van der Waals surface area contributed by atoms with Crippen LogP contribution in [0.1, 0.15) is 31.7 Å². The molecule has 136 valence electrons. The third-order valence-electron chi connectivity index (χ3n) is 3.70. The lowest BCUT2D eigenvalue weighted by atomic mass is 10.1. The van der Waals surface area contributed by atoms with Gasteiger partial charge in [0.2, 0.25) is 11.7 Å². The maximum absolute atomic E-state index is 13.4. The van der Waals surface area contributed by atoms with E-state index in [1.807, 2.05) is 0 Å². The monoisotopic (exact) mass is 351 g/mol. The van der Waals surface area contributed by atoms with Crippen molar-refractivity contribution in [3.8, 4) is 0 Å². The van der Waals surface area contributed by atoms with Crippen molar-refractivity contribution >= 4 is 22.5 Å². The number of nitro benzene ring substituents is 1. The minimum absolute atomic E-state index is 0.145. The van der Waals surface area contributed by atoms with Gasteiger partial charge in [0.05, 0.1) is 10.4 Å². The topological polar surface area (TPSA) is 94.2 Å². The van der Waals surface area contributed by atoms with Gasteiger partial charge in [0.25, 0.3) is 5.56 Å². The number of rotatable bonds is 4. The summed E-state index contributed by atoms with van der Waals surface area (Å²) in [6.07, 6.45) is 2.76. The lowest BCUT2D eigenvalue weighted by Gasteiger charge is -2.06. The SMILES string of the molecule is CCCCC(=O)NC.Cc1cc2cc([N+](=O)[O-])c(F)cc2n(C)c1=O. The van der Waals surface area contributed by atoms with Gasteiger partial charge in [0, 0.05) is 43.6 Å². The highest BCUT2D eigenvalue weighted by atomic mass is 19.1. The average Bonchev–Trinajstić information content (AvgIpc) is 2.58. The fourth-order valence-corrected chi connectivity index (χ4v) is 2.24. The molecule has 0 atom stereocenters. The van der Waals surface area contributed by atoms with E-state index in [4.69, 9.17) is 0 Å². The summed E-state index contributed by atoms with van der Waals surface area (Å²) in [5.41, 5.74) is -0.0362. The van der Waals surface area contributed by atoms with Crippen LogP contribution >= 0.6 is 0 Å². The third kappa shape index (κ3) is 5.10. The number of nitrogens with one attached hydrogen (secondary N) is 1. The van der Waals surface area contributed by atoms with Crippen LogP contribution in [0.15, 0.2) is 23.0 Å². The molecule has 2 aromatic rings. The molecule has 1 N–H and O–H groups in total. The number of hydrogen-bond acceptors (Lipinski definition) is 4. The highest BCUT2D eigenvalue weighted by Gasteiger charge is 2.16. The molecule has 0 aliphatic carbocycles. The van der Waals surface area contributed by atoms with E-state index in [9.17, 15) is 24.1 Å². The molecule has 0 aliphatic heterocycles. The summed E-state index contributed by atoms with van der Waals surface area (Å²) in [4.78, 5) is 31.9. The quantitative estimate of drug-likeness (QED) is 0.677. The van der Waals surface area contributed by atoms with Crippen molar-refractivity contribution in [3.63, 3.8) is 0 Å². The Balaban J connectivity index is 0.000000333. The van der Waals surface area contributed by atoms with Crippen molar-refractivity contribution in [3.05, 3.63) is 50.0 Å². The zero-order chi connectivity index (χ0) is 19.1. The van der Waals surface area contributed by atoms with Crippen LogP contribution in [0.4, 0.5) is 10.1 Å². The molecule has 2 rings (SSSR count). The molecule has 1 heterocycles. The van der Waals surface area contributed by atoms with Crippen LogP contribution in [0.3, 0.4) is 0 Å². The van der Waals surface area contributed by atoms with Gasteiger partial charge < -0.3 is 9.88 Å². The second-order valence-electron chi connectivity index (χ2n) is 5.59. The Bertz CT molecular complexity index is 846. The standard InChI is InChI=1S/C11H9FN2O3.C6H13NO/c1-6-3-7-4-10(14(16)17)8(12)5-9(7)13(2)11(6)15;1-3-4-5-6(8)7-2/h3-5H,1-2H3;3-5H2,1-2H3,(H,7,8). The smallest absolute Gasteiger partial charge is 0.305 e. The number of carbonyl (C=O) groups excluding carboxylic acids is 1. The van der Waals surface area contributed by atoms with Crippen molar-refractivity contribution in [2.24, 2.45) is 7.05 Å². The number of carbonyl (C=O) groups is 1. The molecule has 0 unspecified atom stereocenters. The molecule has 8 heteroatoms. The third-order valence-corrected chi connectivity index (χ3v) is 3.70. The summed E-state index contributed by atoms with van der Waals surface area (Å²) < 4.78 is 14.7. The molecule has 0 fully saturated rings. The largest absolute Gasteiger partial charge is 0.359 e. The summed E-state index contributed by atoms with van der Waals surface area (Å²) in [6.45, 7) is 3.68. The summed E-state index contributed by atoms with van der Waals surface area (Å²) in [7, 11) is 3.17. The Morgan fingerprint density at radius 3 is 2.52 bits per heavy atom. The van der Waals surface area contributed by atoms with Crippen LogP contribution in [0.2, 0.25) is 0 Å². The minimum Gasteiger partial charge on any atom is -0.359 e. The maximum Gasteiger partial charge on any atom is 0.305 e. The van der Waals surface area contributed by atoms with Crippen molar-refractivity contribution in [2.75, 3.05) is 7.05 Å². The van der Waals surface area contributed by atoms with Gasteiger partial charge in [-0.15, -0.1) is 0 Å². The van der Waals surface area contributed by atoms with Crippen molar-refractivity contribution in [1.29, 1.82) is 0 Å². The second kappa shape index (κ2) is 8.91. The normalized spacial score (nSPS) is 10.1. The Kier molecular flexibility index (Phi) is 7.22.